The summed E-state index contributed by atoms with van der Waals surface area (Å²) >= 11 is 0. The van der Waals surface area contributed by atoms with Gasteiger partial charge < -0.3 is 0 Å². The second-order valence-electron chi connectivity index (χ2n) is 6.38. The lowest BCUT2D eigenvalue weighted by atomic mass is 9.90. The second kappa shape index (κ2) is 4.67. The van der Waals surface area contributed by atoms with Gasteiger partial charge >= 0.3 is 0 Å². The Bertz CT molecular complexity index is 243. The standard InChI is InChI=1S/C12H28P2S/c1-10-5-6-12(9-10)11(2)7-8-15(3,4,13)14/h5-6,10-12,15H,7-9,13-14H2,1-4H3. The van der Waals surface area contributed by atoms with Crippen molar-refractivity contribution in [3.63, 3.8) is 0 Å². The summed E-state index contributed by atoms with van der Waals surface area (Å²) in [7, 11) is 4.76. The highest BCUT2D eigenvalue weighted by Gasteiger charge is 2.25. The van der Waals surface area contributed by atoms with Crippen LogP contribution in [0.15, 0.2) is 12.2 Å². The molecule has 5 unspecified atom stereocenters. The van der Waals surface area contributed by atoms with Crippen LogP contribution in [-0.2, 0) is 0 Å². The molecule has 0 saturated heterocycles. The van der Waals surface area contributed by atoms with E-state index < -0.39 is 8.40 Å². The first-order valence-electron chi connectivity index (χ1n) is 5.94. The van der Waals surface area contributed by atoms with Crippen molar-refractivity contribution in [1.29, 1.82) is 0 Å². The van der Waals surface area contributed by atoms with Crippen LogP contribution in [0.4, 0.5) is 0 Å². The summed E-state index contributed by atoms with van der Waals surface area (Å²) in [5.41, 5.74) is 0. The second-order valence-corrected chi connectivity index (χ2v) is 24.0. The van der Waals surface area contributed by atoms with Crippen molar-refractivity contribution >= 4 is 25.3 Å². The Morgan fingerprint density at radius 3 is 2.33 bits per heavy atom. The van der Waals surface area contributed by atoms with Crippen LogP contribution in [-0.4, -0.2) is 18.3 Å². The summed E-state index contributed by atoms with van der Waals surface area (Å²) in [6, 6.07) is 0. The minimum absolute atomic E-state index is 0.808. The molecule has 1 aliphatic carbocycles. The molecule has 3 heteroatoms. The maximum Gasteiger partial charge on any atom is -0.0202 e. The molecular formula is C12H28P2S. The maximum absolute atomic E-state index is 3.10. The number of hydrogen-bond acceptors (Lipinski definition) is 0. The molecule has 0 N–H and O–H groups in total. The third-order valence-corrected chi connectivity index (χ3v) is 6.57. The van der Waals surface area contributed by atoms with Gasteiger partial charge in [0.15, 0.2) is 0 Å². The predicted molar refractivity (Wildman–Crippen MR) is 85.3 cm³/mol. The van der Waals surface area contributed by atoms with Crippen LogP contribution in [0.25, 0.3) is 0 Å². The van der Waals surface area contributed by atoms with Crippen molar-refractivity contribution in [2.75, 3.05) is 18.3 Å². The maximum atomic E-state index is 3.10. The van der Waals surface area contributed by atoms with Gasteiger partial charge in [-0.05, 0) is 48.9 Å². The molecule has 92 valence electrons. The van der Waals surface area contributed by atoms with Gasteiger partial charge in [-0.15, -0.1) is 16.9 Å². The predicted octanol–water partition coefficient (Wildman–Crippen LogP) is 4.14. The summed E-state index contributed by atoms with van der Waals surface area (Å²) < 4.78 is 0. The third-order valence-electron chi connectivity index (χ3n) is 3.35. The van der Waals surface area contributed by atoms with Gasteiger partial charge in [0, 0.05) is 0 Å². The number of thiol groups is 1. The fraction of sp³-hybridized carbons (Fsp3) is 0.833. The first-order chi connectivity index (χ1) is 6.63. The minimum Gasteiger partial charge on any atom is -0.265 e. The molecule has 0 aromatic carbocycles. The monoisotopic (exact) mass is 266 g/mol. The topological polar surface area (TPSA) is 0 Å². The Morgan fingerprint density at radius 1 is 1.33 bits per heavy atom. The van der Waals surface area contributed by atoms with E-state index in [1.807, 2.05) is 0 Å². The number of hydrogen-bond donors (Lipinski definition) is 1. The van der Waals surface area contributed by atoms with Gasteiger partial charge in [-0.3, -0.25) is 8.40 Å². The first kappa shape index (κ1) is 14.0. The van der Waals surface area contributed by atoms with Crippen LogP contribution in [0.3, 0.4) is 0 Å². The molecule has 15 heavy (non-hydrogen) atoms. The molecule has 0 fully saturated rings. The van der Waals surface area contributed by atoms with Crippen LogP contribution in [0, 0.1) is 17.8 Å². The van der Waals surface area contributed by atoms with Crippen LogP contribution in [0.2, 0.25) is 0 Å². The SMILES string of the molecule is CC1C=CC(C(C)CC[SH](C)(C)(P)P)C1. The highest BCUT2D eigenvalue weighted by atomic mass is 33.1. The van der Waals surface area contributed by atoms with Crippen LogP contribution in [0.1, 0.15) is 26.7 Å². The molecule has 0 nitrogen and oxygen atoms in total. The van der Waals surface area contributed by atoms with E-state index in [0.29, 0.717) is 0 Å². The van der Waals surface area contributed by atoms with Crippen LogP contribution >= 0.6 is 25.3 Å². The van der Waals surface area contributed by atoms with E-state index >= 15 is 0 Å². The van der Waals surface area contributed by atoms with E-state index in [0.717, 1.165) is 17.8 Å². The van der Waals surface area contributed by atoms with Crippen molar-refractivity contribution < 1.29 is 0 Å². The van der Waals surface area contributed by atoms with E-state index in [9.17, 15) is 0 Å². The van der Waals surface area contributed by atoms with E-state index in [1.54, 1.807) is 0 Å². The van der Waals surface area contributed by atoms with E-state index in [2.05, 4.69) is 55.4 Å². The van der Waals surface area contributed by atoms with Crippen molar-refractivity contribution in [3.05, 3.63) is 12.2 Å². The lowest BCUT2D eigenvalue weighted by molar-refractivity contribution is 0.388. The molecule has 0 aromatic rings. The summed E-state index contributed by atoms with van der Waals surface area (Å²) in [6.45, 7) is 4.75. The fourth-order valence-electron chi connectivity index (χ4n) is 2.17. The van der Waals surface area contributed by atoms with E-state index in [1.165, 1.54) is 18.6 Å². The lowest BCUT2D eigenvalue weighted by Gasteiger charge is -2.47. The summed E-state index contributed by atoms with van der Waals surface area (Å²) in [4.78, 5) is 0. The zero-order valence-electron chi connectivity index (χ0n) is 10.6. The number of allylic oxidation sites excluding steroid dienone is 2. The Kier molecular flexibility index (Phi) is 4.37. The molecule has 0 radical (unpaired) electrons. The Hall–Kier alpha value is 0.950. The largest absolute Gasteiger partial charge is 0.265 e. The van der Waals surface area contributed by atoms with E-state index in [-0.39, 0.29) is 0 Å². The molecule has 0 aliphatic heterocycles. The Balaban J connectivity index is 2.38. The van der Waals surface area contributed by atoms with Gasteiger partial charge in [0.2, 0.25) is 0 Å². The normalized spacial score (nSPS) is 31.2. The molecule has 0 heterocycles. The van der Waals surface area contributed by atoms with Crippen LogP contribution < -0.4 is 0 Å². The van der Waals surface area contributed by atoms with Gasteiger partial charge in [0.1, 0.15) is 0 Å². The highest BCUT2D eigenvalue weighted by Crippen LogP contribution is 2.77. The van der Waals surface area contributed by atoms with Gasteiger partial charge in [0.25, 0.3) is 0 Å². The highest BCUT2D eigenvalue weighted by molar-refractivity contribution is 9.03. The van der Waals surface area contributed by atoms with Gasteiger partial charge in [-0.25, -0.2) is 0 Å². The molecule has 0 saturated carbocycles. The minimum atomic E-state index is -1.44. The molecule has 0 bridgehead atoms. The van der Waals surface area contributed by atoms with Gasteiger partial charge in [0.05, 0.1) is 0 Å². The van der Waals surface area contributed by atoms with Crippen molar-refractivity contribution in [3.8, 4) is 0 Å². The Morgan fingerprint density at radius 2 is 1.93 bits per heavy atom. The average Bonchev–Trinajstić information content (AvgIpc) is 2.45. The zero-order chi connectivity index (χ0) is 11.7. The third kappa shape index (κ3) is 5.71. The summed E-state index contributed by atoms with van der Waals surface area (Å²) in [6.07, 6.45) is 12.4. The summed E-state index contributed by atoms with van der Waals surface area (Å²) in [5, 5.41) is 0. The van der Waals surface area contributed by atoms with Crippen molar-refractivity contribution in [2.45, 2.75) is 26.7 Å². The lowest BCUT2D eigenvalue weighted by Crippen LogP contribution is -2.13. The molecule has 0 spiro atoms. The molecule has 1 rings (SSSR count). The Labute approximate surface area is 100 Å². The molecule has 5 atom stereocenters. The summed E-state index contributed by atoms with van der Waals surface area (Å²) in [5.74, 6) is 3.88. The van der Waals surface area contributed by atoms with Crippen molar-refractivity contribution in [1.82, 2.24) is 0 Å². The van der Waals surface area contributed by atoms with Gasteiger partial charge in [-0.2, -0.15) is 0 Å². The molecule has 0 amide bonds. The van der Waals surface area contributed by atoms with E-state index in [4.69, 9.17) is 0 Å². The first-order valence-corrected chi connectivity index (χ1v) is 12.5. The zero-order valence-corrected chi connectivity index (χ0v) is 13.8. The van der Waals surface area contributed by atoms with Crippen LogP contribution in [0.5, 0.6) is 0 Å². The molecular weight excluding hydrogens is 238 g/mol. The average molecular weight is 266 g/mol. The quantitative estimate of drug-likeness (QED) is 0.441. The molecule has 0 aromatic heterocycles. The van der Waals surface area contributed by atoms with Gasteiger partial charge in [-0.1, -0.05) is 26.0 Å². The smallest absolute Gasteiger partial charge is 0.0202 e. The fourth-order valence-corrected chi connectivity index (χ4v) is 4.28. The molecule has 1 aliphatic rings. The number of rotatable bonds is 4. The van der Waals surface area contributed by atoms with Crippen molar-refractivity contribution in [2.24, 2.45) is 17.8 Å².